The predicted molar refractivity (Wildman–Crippen MR) is 136 cm³/mol. The van der Waals surface area contributed by atoms with E-state index in [0.29, 0.717) is 17.4 Å². The summed E-state index contributed by atoms with van der Waals surface area (Å²) in [6, 6.07) is 9.96. The zero-order valence-electron chi connectivity index (χ0n) is 20.9. The molecule has 40 heavy (non-hydrogen) atoms. The summed E-state index contributed by atoms with van der Waals surface area (Å²) in [4.78, 5) is 22.2. The van der Waals surface area contributed by atoms with E-state index in [2.05, 4.69) is 36.1 Å². The average Bonchev–Trinajstić information content (AvgIpc) is 3.40. The molecular formula is C26H24F5N7O2. The summed E-state index contributed by atoms with van der Waals surface area (Å²) in [5.41, 5.74) is 0.581. The number of amides is 1. The number of halogens is 5. The number of benzene rings is 2. The highest BCUT2D eigenvalue weighted by atomic mass is 19.4. The van der Waals surface area contributed by atoms with Crippen molar-refractivity contribution in [2.45, 2.75) is 44.3 Å². The Labute approximate surface area is 225 Å². The summed E-state index contributed by atoms with van der Waals surface area (Å²) in [5, 5.41) is 11.3. The first kappa shape index (κ1) is 26.0. The standard InChI is InChI=1S/C26H24F5N7O2/c27-24(28)40-20-8-14(38-15-4-5-16(38)11-32-10-15)6-7-18(20)36-25-34-12-17(26(29,30)31)22(37-25)35-19-3-1-2-13-9-33-23(39)21(13)19/h1-3,6-8,12,15-16,24,32H,4-5,9-11H2,(H,33,39)(H2,34,35,36,37)/t15-,16+. The van der Waals surface area contributed by atoms with Gasteiger partial charge in [-0.3, -0.25) is 4.79 Å². The third-order valence-electron chi connectivity index (χ3n) is 7.27. The molecule has 0 saturated carbocycles. The van der Waals surface area contributed by atoms with Crippen LogP contribution in [0.1, 0.15) is 34.3 Å². The molecule has 3 aliphatic rings. The average molecular weight is 562 g/mol. The maximum Gasteiger partial charge on any atom is 0.421 e. The van der Waals surface area contributed by atoms with E-state index in [1.165, 1.54) is 18.2 Å². The Kier molecular flexibility index (Phi) is 6.56. The Morgan fingerprint density at radius 2 is 1.82 bits per heavy atom. The topological polar surface area (TPSA) is 103 Å². The number of anilines is 5. The second kappa shape index (κ2) is 10.1. The Morgan fingerprint density at radius 3 is 2.55 bits per heavy atom. The van der Waals surface area contributed by atoms with Gasteiger partial charge >= 0.3 is 12.8 Å². The molecule has 9 nitrogen and oxygen atoms in total. The lowest BCUT2D eigenvalue weighted by Gasteiger charge is -2.37. The maximum absolute atomic E-state index is 13.8. The molecule has 0 radical (unpaired) electrons. The second-order valence-electron chi connectivity index (χ2n) is 9.74. The number of nitrogens with zero attached hydrogens (tertiary/aromatic N) is 3. The van der Waals surface area contributed by atoms with E-state index >= 15 is 0 Å². The smallest absolute Gasteiger partial charge is 0.421 e. The summed E-state index contributed by atoms with van der Waals surface area (Å²) >= 11 is 0. The minimum absolute atomic E-state index is 0.0530. The molecule has 2 saturated heterocycles. The molecule has 2 bridgehead atoms. The molecule has 4 N–H and O–H groups in total. The van der Waals surface area contributed by atoms with E-state index in [1.54, 1.807) is 18.2 Å². The lowest BCUT2D eigenvalue weighted by molar-refractivity contribution is -0.137. The lowest BCUT2D eigenvalue weighted by atomic mass is 10.1. The fraction of sp³-hybridized carbons (Fsp3) is 0.346. The highest BCUT2D eigenvalue weighted by Crippen LogP contribution is 2.40. The number of ether oxygens (including phenoxy) is 1. The number of hydrogen-bond donors (Lipinski definition) is 4. The van der Waals surface area contributed by atoms with Crippen molar-refractivity contribution < 1.29 is 31.5 Å². The molecule has 14 heteroatoms. The van der Waals surface area contributed by atoms with Crippen molar-refractivity contribution in [3.63, 3.8) is 0 Å². The Balaban J connectivity index is 1.33. The molecule has 0 spiro atoms. The largest absolute Gasteiger partial charge is 0.433 e. The molecule has 6 rings (SSSR count). The molecule has 4 heterocycles. The minimum atomic E-state index is -4.81. The fourth-order valence-electron chi connectivity index (χ4n) is 5.54. The first-order valence-corrected chi connectivity index (χ1v) is 12.6. The predicted octanol–water partition coefficient (Wildman–Crippen LogP) is 4.77. The van der Waals surface area contributed by atoms with E-state index in [9.17, 15) is 26.7 Å². The van der Waals surface area contributed by atoms with Crippen molar-refractivity contribution in [2.24, 2.45) is 0 Å². The molecule has 1 amide bonds. The molecule has 0 aliphatic carbocycles. The zero-order valence-corrected chi connectivity index (χ0v) is 20.9. The number of alkyl halides is 5. The van der Waals surface area contributed by atoms with Crippen LogP contribution in [-0.2, 0) is 12.7 Å². The van der Waals surface area contributed by atoms with Crippen LogP contribution in [0.5, 0.6) is 5.75 Å². The van der Waals surface area contributed by atoms with Crippen LogP contribution < -0.4 is 30.9 Å². The Hall–Kier alpha value is -4.20. The van der Waals surface area contributed by atoms with E-state index in [1.807, 2.05) is 0 Å². The first-order valence-electron chi connectivity index (χ1n) is 12.6. The van der Waals surface area contributed by atoms with E-state index in [0.717, 1.165) is 25.9 Å². The molecule has 3 aliphatic heterocycles. The van der Waals surface area contributed by atoms with Crippen LogP contribution in [0.2, 0.25) is 0 Å². The van der Waals surface area contributed by atoms with Crippen molar-refractivity contribution in [2.75, 3.05) is 28.6 Å². The van der Waals surface area contributed by atoms with Gasteiger partial charge in [0, 0.05) is 49.7 Å². The van der Waals surface area contributed by atoms with Crippen molar-refractivity contribution in [1.29, 1.82) is 0 Å². The number of piperazine rings is 1. The van der Waals surface area contributed by atoms with Gasteiger partial charge in [0.1, 0.15) is 11.4 Å². The van der Waals surface area contributed by atoms with Gasteiger partial charge in [0.25, 0.3) is 5.91 Å². The summed E-state index contributed by atoms with van der Waals surface area (Å²) < 4.78 is 72.9. The number of carbonyl (C=O) groups is 1. The molecule has 2 atom stereocenters. The highest BCUT2D eigenvalue weighted by Gasteiger charge is 2.38. The van der Waals surface area contributed by atoms with Crippen LogP contribution in [-0.4, -0.2) is 47.7 Å². The van der Waals surface area contributed by atoms with Crippen LogP contribution in [0.15, 0.2) is 42.6 Å². The summed E-state index contributed by atoms with van der Waals surface area (Å²) in [5.74, 6) is -1.52. The van der Waals surface area contributed by atoms with Gasteiger partial charge in [-0.2, -0.15) is 26.9 Å². The third-order valence-corrected chi connectivity index (χ3v) is 7.27. The first-order chi connectivity index (χ1) is 19.2. The van der Waals surface area contributed by atoms with Gasteiger partial charge in [-0.15, -0.1) is 0 Å². The molecule has 0 unspecified atom stereocenters. The minimum Gasteiger partial charge on any atom is -0.433 e. The molecule has 2 aromatic carbocycles. The van der Waals surface area contributed by atoms with Gasteiger partial charge in [0.2, 0.25) is 5.95 Å². The monoisotopic (exact) mass is 561 g/mol. The molecule has 3 aromatic rings. The molecule has 1 aromatic heterocycles. The molecular weight excluding hydrogens is 537 g/mol. The zero-order chi connectivity index (χ0) is 28.0. The third kappa shape index (κ3) is 4.94. The highest BCUT2D eigenvalue weighted by molar-refractivity contribution is 6.04. The number of aromatic nitrogens is 2. The van der Waals surface area contributed by atoms with Gasteiger partial charge in [-0.1, -0.05) is 12.1 Å². The van der Waals surface area contributed by atoms with Crippen molar-refractivity contribution in [3.8, 4) is 5.75 Å². The van der Waals surface area contributed by atoms with Gasteiger partial charge < -0.3 is 30.9 Å². The van der Waals surface area contributed by atoms with Crippen molar-refractivity contribution in [3.05, 3.63) is 59.3 Å². The van der Waals surface area contributed by atoms with Gasteiger partial charge in [-0.25, -0.2) is 4.98 Å². The summed E-state index contributed by atoms with van der Waals surface area (Å²) in [6.45, 7) is -1.32. The Morgan fingerprint density at radius 1 is 1.05 bits per heavy atom. The molecule has 210 valence electrons. The van der Waals surface area contributed by atoms with E-state index < -0.39 is 30.1 Å². The van der Waals surface area contributed by atoms with Crippen LogP contribution in [0, 0.1) is 0 Å². The van der Waals surface area contributed by atoms with E-state index in [4.69, 9.17) is 4.74 Å². The van der Waals surface area contributed by atoms with E-state index in [-0.39, 0.29) is 47.3 Å². The Bertz CT molecular complexity index is 1440. The SMILES string of the molecule is O=C1NCc2cccc(Nc3nc(Nc4ccc(N5[C@@H]6CC[C@H]5CNC6)cc4OC(F)F)ncc3C(F)(F)F)c21. The maximum atomic E-state index is 13.8. The summed E-state index contributed by atoms with van der Waals surface area (Å²) in [7, 11) is 0. The van der Waals surface area contributed by atoms with Crippen LogP contribution >= 0.6 is 0 Å². The van der Waals surface area contributed by atoms with Gasteiger partial charge in [0.05, 0.1) is 16.9 Å². The van der Waals surface area contributed by atoms with Crippen molar-refractivity contribution in [1.82, 2.24) is 20.6 Å². The lowest BCUT2D eigenvalue weighted by Crippen LogP contribution is -2.51. The van der Waals surface area contributed by atoms with Crippen molar-refractivity contribution >= 4 is 34.7 Å². The molecule has 2 fully saturated rings. The van der Waals surface area contributed by atoms with Crippen LogP contribution in [0.3, 0.4) is 0 Å². The van der Waals surface area contributed by atoms with Gasteiger partial charge in [0.15, 0.2) is 5.75 Å². The number of fused-ring (bicyclic) bond motifs is 3. The number of carbonyl (C=O) groups excluding carboxylic acids is 1. The summed E-state index contributed by atoms with van der Waals surface area (Å²) in [6.07, 6.45) is -2.27. The van der Waals surface area contributed by atoms with Gasteiger partial charge in [-0.05, 0) is 36.6 Å². The second-order valence-corrected chi connectivity index (χ2v) is 9.74. The number of rotatable bonds is 7. The number of hydrogen-bond acceptors (Lipinski definition) is 8. The van der Waals surface area contributed by atoms with Crippen LogP contribution in [0.4, 0.5) is 50.8 Å². The normalized spacial score (nSPS) is 19.9. The number of nitrogens with one attached hydrogen (secondary N) is 4. The quantitative estimate of drug-likeness (QED) is 0.306. The fourth-order valence-corrected chi connectivity index (χ4v) is 5.54. The van der Waals surface area contributed by atoms with Crippen LogP contribution in [0.25, 0.3) is 0 Å².